The second-order valence-electron chi connectivity index (χ2n) is 5.48. The van der Waals surface area contributed by atoms with Crippen LogP contribution in [0.2, 0.25) is 0 Å². The average Bonchev–Trinajstić information content (AvgIpc) is 3.02. The zero-order chi connectivity index (χ0) is 14.8. The molecule has 1 atom stereocenters. The van der Waals surface area contributed by atoms with E-state index in [1.807, 2.05) is 13.0 Å². The molecule has 0 fully saturated rings. The summed E-state index contributed by atoms with van der Waals surface area (Å²) < 4.78 is 10.6. The van der Waals surface area contributed by atoms with Crippen molar-refractivity contribution in [2.24, 2.45) is 0 Å². The lowest BCUT2D eigenvalue weighted by Gasteiger charge is -2.15. The summed E-state index contributed by atoms with van der Waals surface area (Å²) in [6, 6.07) is 8.69. The molecular weight excluding hydrogens is 282 g/mol. The molecule has 3 rings (SSSR count). The normalized spacial score (nSPS) is 12.9. The molecule has 21 heavy (non-hydrogen) atoms. The van der Waals surface area contributed by atoms with Gasteiger partial charge in [-0.25, -0.2) is 0 Å². The monoisotopic (exact) mass is 301 g/mol. The lowest BCUT2D eigenvalue weighted by molar-refractivity contribution is 0.444. The SMILES string of the molecule is Cc1cc(C)n(CC(C)NCc2ccc3nsnc3c2)n1. The molecule has 1 N–H and O–H groups in total. The molecule has 5 nitrogen and oxygen atoms in total. The van der Waals surface area contributed by atoms with Gasteiger partial charge < -0.3 is 5.32 Å². The maximum absolute atomic E-state index is 4.50. The first-order valence-corrected chi connectivity index (χ1v) is 7.80. The summed E-state index contributed by atoms with van der Waals surface area (Å²) in [4.78, 5) is 0. The standard InChI is InChI=1S/C15H19N5S/c1-10-6-12(3)20(17-10)9-11(2)16-8-13-4-5-14-15(7-13)19-21-18-14/h4-7,11,16H,8-9H2,1-3H3. The van der Waals surface area contributed by atoms with Crippen LogP contribution in [0.1, 0.15) is 23.9 Å². The van der Waals surface area contributed by atoms with Crippen LogP contribution in [-0.2, 0) is 13.1 Å². The minimum atomic E-state index is 0.354. The van der Waals surface area contributed by atoms with Crippen LogP contribution in [0.25, 0.3) is 11.0 Å². The van der Waals surface area contributed by atoms with Gasteiger partial charge in [-0.1, -0.05) is 6.07 Å². The van der Waals surface area contributed by atoms with Gasteiger partial charge in [-0.15, -0.1) is 0 Å². The Morgan fingerprint density at radius 2 is 2.00 bits per heavy atom. The van der Waals surface area contributed by atoms with E-state index in [2.05, 4.69) is 55.9 Å². The maximum atomic E-state index is 4.50. The van der Waals surface area contributed by atoms with Crippen LogP contribution in [0.5, 0.6) is 0 Å². The van der Waals surface area contributed by atoms with Crippen molar-refractivity contribution in [3.63, 3.8) is 0 Å². The highest BCUT2D eigenvalue weighted by atomic mass is 32.1. The highest BCUT2D eigenvalue weighted by Crippen LogP contribution is 2.13. The van der Waals surface area contributed by atoms with Crippen LogP contribution in [0.4, 0.5) is 0 Å². The topological polar surface area (TPSA) is 55.6 Å². The summed E-state index contributed by atoms with van der Waals surface area (Å²) in [5, 5.41) is 8.03. The highest BCUT2D eigenvalue weighted by molar-refractivity contribution is 7.00. The van der Waals surface area contributed by atoms with Crippen LogP contribution in [0, 0.1) is 13.8 Å². The van der Waals surface area contributed by atoms with Crippen molar-refractivity contribution >= 4 is 22.8 Å². The van der Waals surface area contributed by atoms with E-state index in [0.29, 0.717) is 6.04 Å². The van der Waals surface area contributed by atoms with Gasteiger partial charge in [0, 0.05) is 18.3 Å². The summed E-state index contributed by atoms with van der Waals surface area (Å²) in [7, 11) is 0. The number of nitrogens with zero attached hydrogens (tertiary/aromatic N) is 4. The first-order chi connectivity index (χ1) is 10.1. The third-order valence-corrected chi connectivity index (χ3v) is 4.08. The number of aryl methyl sites for hydroxylation is 2. The van der Waals surface area contributed by atoms with Gasteiger partial charge in [0.2, 0.25) is 0 Å². The van der Waals surface area contributed by atoms with Gasteiger partial charge in [0.25, 0.3) is 0 Å². The zero-order valence-corrected chi connectivity index (χ0v) is 13.3. The molecule has 2 heterocycles. The molecule has 0 saturated heterocycles. The van der Waals surface area contributed by atoms with Crippen molar-refractivity contribution in [3.05, 3.63) is 41.2 Å². The van der Waals surface area contributed by atoms with E-state index < -0.39 is 0 Å². The van der Waals surface area contributed by atoms with Crippen LogP contribution in [0.15, 0.2) is 24.3 Å². The van der Waals surface area contributed by atoms with Gasteiger partial charge in [-0.2, -0.15) is 13.8 Å². The van der Waals surface area contributed by atoms with Gasteiger partial charge in [0.15, 0.2) is 0 Å². The Bertz CT molecular complexity index is 745. The van der Waals surface area contributed by atoms with Crippen LogP contribution in [-0.4, -0.2) is 24.6 Å². The largest absolute Gasteiger partial charge is 0.308 e. The van der Waals surface area contributed by atoms with Gasteiger partial charge in [-0.05, 0) is 44.5 Å². The zero-order valence-electron chi connectivity index (χ0n) is 12.5. The quantitative estimate of drug-likeness (QED) is 0.787. The Morgan fingerprint density at radius 3 is 2.76 bits per heavy atom. The fourth-order valence-electron chi connectivity index (χ4n) is 2.41. The number of benzene rings is 1. The highest BCUT2D eigenvalue weighted by Gasteiger charge is 2.07. The molecular formula is C15H19N5S. The van der Waals surface area contributed by atoms with Gasteiger partial charge in [-0.3, -0.25) is 4.68 Å². The Labute approximate surface area is 128 Å². The molecule has 0 aliphatic rings. The summed E-state index contributed by atoms with van der Waals surface area (Å²) in [5.41, 5.74) is 5.46. The van der Waals surface area contributed by atoms with E-state index in [4.69, 9.17) is 0 Å². The summed E-state index contributed by atoms with van der Waals surface area (Å²) in [6.45, 7) is 8.00. The molecule has 0 aliphatic heterocycles. The molecule has 0 spiro atoms. The molecule has 0 aliphatic carbocycles. The van der Waals surface area contributed by atoms with Gasteiger partial charge >= 0.3 is 0 Å². The fourth-order valence-corrected chi connectivity index (χ4v) is 2.93. The van der Waals surface area contributed by atoms with Crippen LogP contribution in [0.3, 0.4) is 0 Å². The van der Waals surface area contributed by atoms with Crippen molar-refractivity contribution in [2.75, 3.05) is 0 Å². The average molecular weight is 301 g/mol. The van der Waals surface area contributed by atoms with E-state index in [1.54, 1.807) is 0 Å². The predicted molar refractivity (Wildman–Crippen MR) is 85.4 cm³/mol. The minimum Gasteiger partial charge on any atom is -0.308 e. The second-order valence-corrected chi connectivity index (χ2v) is 6.01. The molecule has 0 amide bonds. The lowest BCUT2D eigenvalue weighted by atomic mass is 10.2. The number of hydrogen-bond acceptors (Lipinski definition) is 5. The van der Waals surface area contributed by atoms with Crippen molar-refractivity contribution < 1.29 is 0 Å². The molecule has 6 heteroatoms. The van der Waals surface area contributed by atoms with E-state index in [-0.39, 0.29) is 0 Å². The van der Waals surface area contributed by atoms with Crippen molar-refractivity contribution in [3.8, 4) is 0 Å². The molecule has 0 saturated carbocycles. The lowest BCUT2D eigenvalue weighted by Crippen LogP contribution is -2.30. The van der Waals surface area contributed by atoms with Gasteiger partial charge in [0.1, 0.15) is 11.0 Å². The van der Waals surface area contributed by atoms with E-state index >= 15 is 0 Å². The minimum absolute atomic E-state index is 0.354. The number of nitrogens with one attached hydrogen (secondary N) is 1. The first-order valence-electron chi connectivity index (χ1n) is 7.07. The van der Waals surface area contributed by atoms with Crippen LogP contribution < -0.4 is 5.32 Å². The summed E-state index contributed by atoms with van der Waals surface area (Å²) in [5.74, 6) is 0. The van der Waals surface area contributed by atoms with E-state index in [1.165, 1.54) is 23.0 Å². The van der Waals surface area contributed by atoms with Gasteiger partial charge in [0.05, 0.1) is 24.0 Å². The summed E-state index contributed by atoms with van der Waals surface area (Å²) >= 11 is 1.26. The third kappa shape index (κ3) is 3.28. The predicted octanol–water partition coefficient (Wildman–Crippen LogP) is 2.68. The number of aromatic nitrogens is 4. The third-order valence-electron chi connectivity index (χ3n) is 3.52. The smallest absolute Gasteiger partial charge is 0.105 e. The van der Waals surface area contributed by atoms with E-state index in [0.717, 1.165) is 29.8 Å². The fraction of sp³-hybridized carbons (Fsp3) is 0.400. The molecule has 0 radical (unpaired) electrons. The Kier molecular flexibility index (Phi) is 3.98. The molecule has 2 aromatic heterocycles. The van der Waals surface area contributed by atoms with E-state index in [9.17, 15) is 0 Å². The molecule has 3 aromatic rings. The van der Waals surface area contributed by atoms with Crippen molar-refractivity contribution in [1.82, 2.24) is 23.8 Å². The van der Waals surface area contributed by atoms with Crippen LogP contribution >= 0.6 is 11.7 Å². The Morgan fingerprint density at radius 1 is 1.19 bits per heavy atom. The van der Waals surface area contributed by atoms with Crippen molar-refractivity contribution in [2.45, 2.75) is 39.9 Å². The maximum Gasteiger partial charge on any atom is 0.105 e. The molecule has 1 unspecified atom stereocenters. The second kappa shape index (κ2) is 5.91. The number of rotatable bonds is 5. The Hall–Kier alpha value is -1.79. The van der Waals surface area contributed by atoms with Crippen molar-refractivity contribution in [1.29, 1.82) is 0 Å². The number of hydrogen-bond donors (Lipinski definition) is 1. The molecule has 110 valence electrons. The Balaban J connectivity index is 1.60. The number of fused-ring (bicyclic) bond motifs is 1. The first kappa shape index (κ1) is 14.2. The summed E-state index contributed by atoms with van der Waals surface area (Å²) in [6.07, 6.45) is 0. The molecule has 0 bridgehead atoms. The molecule has 1 aromatic carbocycles.